The van der Waals surface area contributed by atoms with Gasteiger partial charge in [-0.3, -0.25) is 9.59 Å². The van der Waals surface area contributed by atoms with Gasteiger partial charge in [0.2, 0.25) is 0 Å². The van der Waals surface area contributed by atoms with Crippen molar-refractivity contribution in [3.8, 4) is 0 Å². The molecule has 3 rings (SSSR count). The van der Waals surface area contributed by atoms with Gasteiger partial charge in [-0.2, -0.15) is 0 Å². The second kappa shape index (κ2) is 9.58. The minimum absolute atomic E-state index is 0.104. The molecule has 138 valence electrons. The van der Waals surface area contributed by atoms with Crippen molar-refractivity contribution in [2.24, 2.45) is 0 Å². The Hall–Kier alpha value is -2.56. The van der Waals surface area contributed by atoms with Crippen molar-refractivity contribution in [3.63, 3.8) is 0 Å². The van der Waals surface area contributed by atoms with Crippen molar-refractivity contribution >= 4 is 55.6 Å². The van der Waals surface area contributed by atoms with Gasteiger partial charge in [0, 0.05) is 20.1 Å². The fourth-order valence-corrected chi connectivity index (χ4v) is 3.01. The number of rotatable bonds is 6. The van der Waals surface area contributed by atoms with E-state index >= 15 is 0 Å². The molecule has 0 aliphatic heterocycles. The average Bonchev–Trinajstić information content (AvgIpc) is 2.72. The molecular formula is C24H16Br2O2. The third kappa shape index (κ3) is 5.72. The van der Waals surface area contributed by atoms with Crippen LogP contribution in [-0.4, -0.2) is 11.6 Å². The molecule has 0 unspecified atom stereocenters. The second-order valence-corrected chi connectivity index (χ2v) is 7.91. The van der Waals surface area contributed by atoms with Crippen molar-refractivity contribution in [2.45, 2.75) is 0 Å². The maximum atomic E-state index is 12.3. The molecule has 0 atom stereocenters. The molecule has 0 N–H and O–H groups in total. The summed E-state index contributed by atoms with van der Waals surface area (Å²) in [6, 6.07) is 22.1. The minimum Gasteiger partial charge on any atom is -0.289 e. The van der Waals surface area contributed by atoms with E-state index in [-0.39, 0.29) is 11.6 Å². The number of hydrogen-bond donors (Lipinski definition) is 0. The Morgan fingerprint density at radius 3 is 1.18 bits per heavy atom. The van der Waals surface area contributed by atoms with Crippen LogP contribution in [0.15, 0.2) is 93.9 Å². The molecule has 0 fully saturated rings. The second-order valence-electron chi connectivity index (χ2n) is 6.08. The lowest BCUT2D eigenvalue weighted by atomic mass is 10.0. The van der Waals surface area contributed by atoms with Crippen LogP contribution in [0.3, 0.4) is 0 Å². The quantitative estimate of drug-likeness (QED) is 0.272. The molecule has 0 aromatic heterocycles. The van der Waals surface area contributed by atoms with Crippen molar-refractivity contribution in [1.82, 2.24) is 0 Å². The normalized spacial score (nSPS) is 11.2. The first-order chi connectivity index (χ1) is 13.5. The van der Waals surface area contributed by atoms with Crippen LogP contribution in [-0.2, 0) is 0 Å². The summed E-state index contributed by atoms with van der Waals surface area (Å²) in [5.41, 5.74) is 2.98. The Kier molecular flexibility index (Phi) is 6.90. The lowest BCUT2D eigenvalue weighted by Crippen LogP contribution is -1.98. The van der Waals surface area contributed by atoms with Crippen molar-refractivity contribution in [1.29, 1.82) is 0 Å². The molecule has 0 saturated heterocycles. The summed E-state index contributed by atoms with van der Waals surface area (Å²) >= 11 is 6.76. The van der Waals surface area contributed by atoms with Crippen LogP contribution in [0.25, 0.3) is 12.2 Å². The van der Waals surface area contributed by atoms with Crippen LogP contribution in [0.2, 0.25) is 0 Å². The predicted octanol–water partition coefficient (Wildman–Crippen LogP) is 7.00. The lowest BCUT2D eigenvalue weighted by molar-refractivity contribution is 0.103. The summed E-state index contributed by atoms with van der Waals surface area (Å²) in [7, 11) is 0. The molecule has 28 heavy (non-hydrogen) atoms. The van der Waals surface area contributed by atoms with E-state index in [4.69, 9.17) is 0 Å². The van der Waals surface area contributed by atoms with Crippen molar-refractivity contribution in [3.05, 3.63) is 116 Å². The van der Waals surface area contributed by atoms with Crippen LogP contribution in [0.5, 0.6) is 0 Å². The minimum atomic E-state index is -0.104. The van der Waals surface area contributed by atoms with E-state index in [1.807, 2.05) is 48.5 Å². The molecule has 0 bridgehead atoms. The molecule has 0 aliphatic rings. The molecule has 0 amide bonds. The predicted molar refractivity (Wildman–Crippen MR) is 121 cm³/mol. The maximum absolute atomic E-state index is 12.3. The summed E-state index contributed by atoms with van der Waals surface area (Å²) in [6.45, 7) is 0. The molecule has 2 nitrogen and oxygen atoms in total. The first kappa shape index (κ1) is 20.2. The van der Waals surface area contributed by atoms with Crippen LogP contribution in [0, 0.1) is 0 Å². The van der Waals surface area contributed by atoms with E-state index < -0.39 is 0 Å². The van der Waals surface area contributed by atoms with E-state index in [2.05, 4.69) is 31.9 Å². The van der Waals surface area contributed by atoms with Gasteiger partial charge in [-0.05, 0) is 47.5 Å². The van der Waals surface area contributed by atoms with Gasteiger partial charge in [0.15, 0.2) is 11.6 Å². The molecule has 0 aliphatic carbocycles. The van der Waals surface area contributed by atoms with Crippen LogP contribution >= 0.6 is 31.9 Å². The van der Waals surface area contributed by atoms with E-state index in [1.165, 1.54) is 12.2 Å². The van der Waals surface area contributed by atoms with E-state index in [1.54, 1.807) is 36.4 Å². The van der Waals surface area contributed by atoms with Gasteiger partial charge >= 0.3 is 0 Å². The first-order valence-corrected chi connectivity index (χ1v) is 10.2. The lowest BCUT2D eigenvalue weighted by Gasteiger charge is -2.00. The van der Waals surface area contributed by atoms with Gasteiger partial charge in [0.05, 0.1) is 0 Å². The number of hydrogen-bond acceptors (Lipinski definition) is 2. The van der Waals surface area contributed by atoms with Crippen LogP contribution in [0.1, 0.15) is 31.8 Å². The van der Waals surface area contributed by atoms with Gasteiger partial charge in [-0.25, -0.2) is 0 Å². The van der Waals surface area contributed by atoms with Crippen LogP contribution in [0.4, 0.5) is 0 Å². The molecule has 0 radical (unpaired) electrons. The highest BCUT2D eigenvalue weighted by molar-refractivity contribution is 9.10. The highest BCUT2D eigenvalue weighted by Crippen LogP contribution is 2.14. The van der Waals surface area contributed by atoms with Gasteiger partial charge in [0.25, 0.3) is 0 Å². The SMILES string of the molecule is O=C(/C=C/c1ccc(Br)cc1)c1ccc(C(=O)/C=C/c2ccc(Br)cc2)cc1. The molecule has 0 saturated carbocycles. The zero-order valence-electron chi connectivity index (χ0n) is 14.8. The summed E-state index contributed by atoms with van der Waals surface area (Å²) in [5, 5.41) is 0. The van der Waals surface area contributed by atoms with Gasteiger partial charge in [-0.1, -0.05) is 92.5 Å². The smallest absolute Gasteiger partial charge is 0.185 e. The van der Waals surface area contributed by atoms with Crippen LogP contribution < -0.4 is 0 Å². The number of halogens is 2. The third-order valence-corrected chi connectivity index (χ3v) is 5.11. The van der Waals surface area contributed by atoms with E-state index in [9.17, 15) is 9.59 Å². The average molecular weight is 496 g/mol. The van der Waals surface area contributed by atoms with Gasteiger partial charge in [0.1, 0.15) is 0 Å². The standard InChI is InChI=1S/C24H16Br2O2/c25-21-11-1-17(2-12-21)5-15-23(27)19-7-9-20(10-8-19)24(28)16-6-18-3-13-22(26)14-4-18/h1-16H/b15-5+,16-6+. The highest BCUT2D eigenvalue weighted by atomic mass is 79.9. The first-order valence-electron chi connectivity index (χ1n) is 8.57. The Balaban J connectivity index is 1.65. The third-order valence-electron chi connectivity index (χ3n) is 4.05. The fourth-order valence-electron chi connectivity index (χ4n) is 2.48. The van der Waals surface area contributed by atoms with Gasteiger partial charge in [-0.15, -0.1) is 0 Å². The Morgan fingerprint density at radius 2 is 0.857 bits per heavy atom. The summed E-state index contributed by atoms with van der Waals surface area (Å²) in [5.74, 6) is -0.209. The number of benzene rings is 3. The summed E-state index contributed by atoms with van der Waals surface area (Å²) in [6.07, 6.45) is 6.62. The van der Waals surface area contributed by atoms with Crippen molar-refractivity contribution < 1.29 is 9.59 Å². The number of ketones is 2. The molecule has 0 spiro atoms. The maximum Gasteiger partial charge on any atom is 0.185 e. The summed E-state index contributed by atoms with van der Waals surface area (Å²) in [4.78, 5) is 24.6. The van der Waals surface area contributed by atoms with E-state index in [0.29, 0.717) is 11.1 Å². The molecule has 0 heterocycles. The Labute approximate surface area is 180 Å². The fraction of sp³-hybridized carbons (Fsp3) is 0. The zero-order valence-corrected chi connectivity index (χ0v) is 18.0. The number of carbonyl (C=O) groups excluding carboxylic acids is 2. The molecule has 3 aromatic rings. The number of carbonyl (C=O) groups is 2. The molecular weight excluding hydrogens is 480 g/mol. The largest absolute Gasteiger partial charge is 0.289 e. The highest BCUT2D eigenvalue weighted by Gasteiger charge is 2.05. The molecule has 4 heteroatoms. The summed E-state index contributed by atoms with van der Waals surface area (Å²) < 4.78 is 1.98. The van der Waals surface area contributed by atoms with Crippen molar-refractivity contribution in [2.75, 3.05) is 0 Å². The molecule has 3 aromatic carbocycles. The van der Waals surface area contributed by atoms with Gasteiger partial charge < -0.3 is 0 Å². The van der Waals surface area contributed by atoms with E-state index in [0.717, 1.165) is 20.1 Å². The number of allylic oxidation sites excluding steroid dienone is 2. The Morgan fingerprint density at radius 1 is 0.536 bits per heavy atom. The topological polar surface area (TPSA) is 34.1 Å². The zero-order chi connectivity index (χ0) is 19.9. The Bertz CT molecular complexity index is 943. The monoisotopic (exact) mass is 494 g/mol.